The average molecular weight is 266 g/mol. The van der Waals surface area contributed by atoms with Crippen LogP contribution in [-0.4, -0.2) is 9.97 Å². The van der Waals surface area contributed by atoms with Gasteiger partial charge in [0, 0.05) is 0 Å². The summed E-state index contributed by atoms with van der Waals surface area (Å²) >= 11 is 14.6. The lowest BCUT2D eigenvalue weighted by Gasteiger charge is -1.91. The van der Waals surface area contributed by atoms with Gasteiger partial charge < -0.3 is 0 Å². The van der Waals surface area contributed by atoms with Crippen molar-refractivity contribution in [3.8, 4) is 0 Å². The Morgan fingerprint density at radius 2 is 2.08 bits per heavy atom. The molecule has 1 N–H and O–H groups in total. The summed E-state index contributed by atoms with van der Waals surface area (Å²) in [6.45, 7) is 0. The molecule has 6 heteroatoms. The molecule has 0 aliphatic carbocycles. The van der Waals surface area contributed by atoms with Gasteiger partial charge in [-0.2, -0.15) is 10.3 Å². The van der Waals surface area contributed by atoms with Crippen LogP contribution in [0, 0.1) is 6.20 Å². The summed E-state index contributed by atoms with van der Waals surface area (Å²) in [6.07, 6.45) is 2.79. The lowest BCUT2D eigenvalue weighted by atomic mass is 10.3. The minimum absolute atomic E-state index is 0.121. The van der Waals surface area contributed by atoms with Crippen LogP contribution in [0.15, 0.2) is 0 Å². The lowest BCUT2D eigenvalue weighted by molar-refractivity contribution is 1.17. The normalized spacial score (nSPS) is 13.1. The molecule has 0 aromatic carbocycles. The smallest absolute Gasteiger partial charge is 0.189 e. The fourth-order valence-corrected chi connectivity index (χ4v) is 1.93. The fourth-order valence-electron chi connectivity index (χ4n) is 0.869. The van der Waals surface area contributed by atoms with Gasteiger partial charge in [-0.3, -0.25) is 0 Å². The van der Waals surface area contributed by atoms with Crippen molar-refractivity contribution in [2.75, 3.05) is 5.32 Å². The molecule has 12 heavy (non-hydrogen) atoms. The third kappa shape index (κ3) is 1.17. The Labute approximate surface area is 86.9 Å². The van der Waals surface area contributed by atoms with Gasteiger partial charge >= 0.3 is 5.82 Å². The summed E-state index contributed by atoms with van der Waals surface area (Å²) in [5.41, 5.74) is 0.695. The molecule has 0 atom stereocenters. The highest BCUT2D eigenvalue weighted by atomic mass is 79.9. The van der Waals surface area contributed by atoms with Crippen molar-refractivity contribution in [3.05, 3.63) is 22.2 Å². The van der Waals surface area contributed by atoms with Crippen LogP contribution >= 0.6 is 39.1 Å². The molecule has 0 saturated heterocycles. The van der Waals surface area contributed by atoms with E-state index in [2.05, 4.69) is 37.4 Å². The van der Waals surface area contributed by atoms with Gasteiger partial charge in [0.05, 0.1) is 0 Å². The Hall–Kier alpha value is -0.410. The third-order valence-corrected chi connectivity index (χ3v) is 2.38. The molecule has 0 radical (unpaired) electrons. The van der Waals surface area contributed by atoms with Crippen LogP contribution < -0.4 is 5.32 Å². The fraction of sp³-hybridized carbons (Fsp3) is 0. The van der Waals surface area contributed by atoms with Gasteiger partial charge in [0.25, 0.3) is 0 Å². The van der Waals surface area contributed by atoms with Crippen molar-refractivity contribution in [1.82, 2.24) is 9.97 Å². The number of fused-ring (bicyclic) bond motifs is 1. The molecule has 0 spiro atoms. The molecule has 1 aliphatic rings. The van der Waals surface area contributed by atoms with Crippen LogP contribution in [-0.2, 0) is 0 Å². The second-order valence-corrected chi connectivity index (χ2v) is 3.56. The second kappa shape index (κ2) is 2.82. The predicted octanol–water partition coefficient (Wildman–Crippen LogP) is 2.71. The van der Waals surface area contributed by atoms with Crippen molar-refractivity contribution >= 4 is 49.4 Å². The molecule has 2 rings (SSSR count). The Morgan fingerprint density at radius 1 is 1.33 bits per heavy atom. The van der Waals surface area contributed by atoms with Crippen molar-refractivity contribution in [2.24, 2.45) is 0 Å². The minimum atomic E-state index is 0.121. The molecule has 1 aliphatic heterocycles. The van der Waals surface area contributed by atoms with Crippen molar-refractivity contribution < 1.29 is 0 Å². The predicted molar refractivity (Wildman–Crippen MR) is 51.3 cm³/mol. The van der Waals surface area contributed by atoms with Gasteiger partial charge in [-0.1, -0.05) is 0 Å². The van der Waals surface area contributed by atoms with Crippen LogP contribution in [0.25, 0.3) is 4.48 Å². The number of aromatic nitrogens is 2. The van der Waals surface area contributed by atoms with Gasteiger partial charge in [0.1, 0.15) is 6.20 Å². The number of halogens is 3. The summed E-state index contributed by atoms with van der Waals surface area (Å²) in [5, 5.41) is 3.21. The maximum atomic E-state index is 5.80. The first-order valence-corrected chi connectivity index (χ1v) is 4.51. The van der Waals surface area contributed by atoms with Gasteiger partial charge in [-0.25, -0.2) is 0 Å². The highest BCUT2D eigenvalue weighted by Crippen LogP contribution is 2.36. The zero-order valence-corrected chi connectivity index (χ0v) is 8.63. The van der Waals surface area contributed by atoms with Crippen molar-refractivity contribution in [1.29, 1.82) is 0 Å². The first kappa shape index (κ1) is 8.20. The van der Waals surface area contributed by atoms with E-state index in [0.717, 1.165) is 0 Å². The Kier molecular flexibility index (Phi) is 1.93. The molecular weight excluding hydrogens is 265 g/mol. The van der Waals surface area contributed by atoms with Crippen LogP contribution in [0.3, 0.4) is 0 Å². The van der Waals surface area contributed by atoms with Crippen LogP contribution in [0.5, 0.6) is 0 Å². The number of hydrogen-bond donors (Lipinski definition) is 1. The van der Waals surface area contributed by atoms with Gasteiger partial charge in [-0.15, -0.1) is 4.98 Å². The highest BCUT2D eigenvalue weighted by Gasteiger charge is 2.31. The summed E-state index contributed by atoms with van der Waals surface area (Å²) in [7, 11) is 0. The molecule has 0 amide bonds. The number of rotatable bonds is 0. The number of anilines is 1. The SMILES string of the molecule is Clc1nc(Cl)c2c(n1)N[C+]=C2Br. The topological polar surface area (TPSA) is 37.8 Å². The molecule has 60 valence electrons. The van der Waals surface area contributed by atoms with Crippen LogP contribution in [0.2, 0.25) is 10.4 Å². The Bertz CT molecular complexity index is 377. The quantitative estimate of drug-likeness (QED) is 0.445. The van der Waals surface area contributed by atoms with Gasteiger partial charge in [-0.05, 0) is 39.1 Å². The zero-order valence-electron chi connectivity index (χ0n) is 5.53. The molecule has 3 nitrogen and oxygen atoms in total. The number of nitrogens with one attached hydrogen (secondary N) is 1. The van der Waals surface area contributed by atoms with Crippen molar-refractivity contribution in [2.45, 2.75) is 0 Å². The molecular formula is C6HBrCl2N3+. The van der Waals surface area contributed by atoms with E-state index in [-0.39, 0.29) is 5.28 Å². The summed E-state index contributed by atoms with van der Waals surface area (Å²) in [5.74, 6) is 0.576. The van der Waals surface area contributed by atoms with E-state index in [1.165, 1.54) is 0 Å². The maximum absolute atomic E-state index is 5.80. The standard InChI is InChI=1S/C6HBrCl2N3/c7-2-1-10-5-3(2)4(8)11-6(9)12-5/h(H,10,11,12)/q+1. The summed E-state index contributed by atoms with van der Waals surface area (Å²) in [6, 6.07) is 0. The largest absolute Gasteiger partial charge is 0.300 e. The van der Waals surface area contributed by atoms with E-state index in [1.54, 1.807) is 0 Å². The minimum Gasteiger partial charge on any atom is -0.189 e. The van der Waals surface area contributed by atoms with Crippen LogP contribution in [0.1, 0.15) is 5.56 Å². The number of nitrogens with zero attached hydrogens (tertiary/aromatic N) is 2. The second-order valence-electron chi connectivity index (χ2n) is 2.07. The first-order valence-electron chi connectivity index (χ1n) is 2.96. The monoisotopic (exact) mass is 264 g/mol. The van der Waals surface area contributed by atoms with Crippen LogP contribution in [0.4, 0.5) is 5.82 Å². The Morgan fingerprint density at radius 3 is 2.83 bits per heavy atom. The molecule has 0 fully saturated rings. The summed E-state index contributed by atoms with van der Waals surface area (Å²) < 4.78 is 0.708. The third-order valence-electron chi connectivity index (χ3n) is 1.35. The first-order chi connectivity index (χ1) is 5.68. The van der Waals surface area contributed by atoms with Gasteiger partial charge in [0.2, 0.25) is 20.5 Å². The zero-order chi connectivity index (χ0) is 8.72. The molecule has 0 saturated carbocycles. The van der Waals surface area contributed by atoms with Crippen molar-refractivity contribution in [3.63, 3.8) is 0 Å². The maximum Gasteiger partial charge on any atom is 0.300 e. The molecule has 1 aromatic rings. The molecule has 0 bridgehead atoms. The van der Waals surface area contributed by atoms with E-state index < -0.39 is 0 Å². The summed E-state index contributed by atoms with van der Waals surface area (Å²) in [4.78, 5) is 7.69. The lowest BCUT2D eigenvalue weighted by Crippen LogP contribution is -1.92. The van der Waals surface area contributed by atoms with E-state index in [4.69, 9.17) is 23.2 Å². The molecule has 2 heterocycles. The molecule has 0 unspecified atom stereocenters. The van der Waals surface area contributed by atoms with E-state index in [9.17, 15) is 0 Å². The van der Waals surface area contributed by atoms with E-state index in [1.807, 2.05) is 0 Å². The average Bonchev–Trinajstić information content (AvgIpc) is 2.31. The molecule has 1 aromatic heterocycles. The van der Waals surface area contributed by atoms with E-state index in [0.29, 0.717) is 21.0 Å². The number of hydrogen-bond acceptors (Lipinski definition) is 3. The Balaban J connectivity index is 2.67. The highest BCUT2D eigenvalue weighted by molar-refractivity contribution is 9.15. The van der Waals surface area contributed by atoms with Gasteiger partial charge in [0.15, 0.2) is 0 Å². The van der Waals surface area contributed by atoms with E-state index >= 15 is 0 Å².